The van der Waals surface area contributed by atoms with Gasteiger partial charge in [-0.15, -0.1) is 11.3 Å². The van der Waals surface area contributed by atoms with Gasteiger partial charge in [-0.1, -0.05) is 11.6 Å². The average Bonchev–Trinajstić information content (AvgIpc) is 3.34. The Morgan fingerprint density at radius 1 is 1.32 bits per heavy atom. The molecule has 3 aromatic rings. The molecule has 0 saturated carbocycles. The zero-order valence-corrected chi connectivity index (χ0v) is 19.2. The topological polar surface area (TPSA) is 108 Å². The number of anilines is 1. The van der Waals surface area contributed by atoms with Crippen LogP contribution in [-0.2, 0) is 26.1 Å². The number of likely N-dealkylation sites (N-methyl/N-ethyl adjacent to an activating group) is 1. The summed E-state index contributed by atoms with van der Waals surface area (Å²) >= 11 is 6.78. The number of aromatic nitrogens is 2. The maximum absolute atomic E-state index is 12.5. The van der Waals surface area contributed by atoms with Crippen LogP contribution < -0.4 is 5.32 Å². The molecule has 0 unspecified atom stereocenters. The van der Waals surface area contributed by atoms with Crippen molar-refractivity contribution in [3.05, 3.63) is 40.5 Å². The van der Waals surface area contributed by atoms with Gasteiger partial charge in [0.15, 0.2) is 0 Å². The third-order valence-electron chi connectivity index (χ3n) is 4.87. The molecule has 1 fully saturated rings. The van der Waals surface area contributed by atoms with E-state index in [1.807, 2.05) is 6.07 Å². The molecule has 1 amide bonds. The van der Waals surface area contributed by atoms with Crippen LogP contribution in [0.5, 0.6) is 0 Å². The fourth-order valence-corrected chi connectivity index (χ4v) is 6.08. The SMILES string of the molecule is CN(CC(=O)Nc1ccc2nc(CN3CCOCC3)[nH]c2c1)S(=O)(=O)c1ccc(Cl)s1. The van der Waals surface area contributed by atoms with Gasteiger partial charge >= 0.3 is 0 Å². The van der Waals surface area contributed by atoms with Crippen molar-refractivity contribution in [2.45, 2.75) is 10.8 Å². The molecule has 2 N–H and O–H groups in total. The molecule has 0 spiro atoms. The molecule has 12 heteroatoms. The molecular formula is C19H22ClN5O4S2. The first-order valence-electron chi connectivity index (χ1n) is 9.61. The number of imidazole rings is 1. The van der Waals surface area contributed by atoms with Gasteiger partial charge in [-0.05, 0) is 30.3 Å². The number of aromatic amines is 1. The molecule has 4 rings (SSSR count). The number of amides is 1. The Labute approximate surface area is 189 Å². The fraction of sp³-hybridized carbons (Fsp3) is 0.368. The number of nitrogens with one attached hydrogen (secondary N) is 2. The number of benzene rings is 1. The van der Waals surface area contributed by atoms with E-state index in [0.717, 1.165) is 58.8 Å². The summed E-state index contributed by atoms with van der Waals surface area (Å²) in [6.45, 7) is 3.56. The molecule has 2 aromatic heterocycles. The predicted molar refractivity (Wildman–Crippen MR) is 120 cm³/mol. The Kier molecular flexibility index (Phi) is 6.60. The average molecular weight is 484 g/mol. The van der Waals surface area contributed by atoms with E-state index in [4.69, 9.17) is 16.3 Å². The summed E-state index contributed by atoms with van der Waals surface area (Å²) in [5.41, 5.74) is 2.16. The summed E-state index contributed by atoms with van der Waals surface area (Å²) in [6.07, 6.45) is 0. The molecule has 31 heavy (non-hydrogen) atoms. The summed E-state index contributed by atoms with van der Waals surface area (Å²) in [6, 6.07) is 8.29. The molecule has 1 aliphatic heterocycles. The van der Waals surface area contributed by atoms with Gasteiger partial charge in [0.05, 0.1) is 41.7 Å². The lowest BCUT2D eigenvalue weighted by molar-refractivity contribution is -0.116. The van der Waals surface area contributed by atoms with Crippen molar-refractivity contribution in [3.63, 3.8) is 0 Å². The number of hydrogen-bond acceptors (Lipinski definition) is 7. The Bertz CT molecular complexity index is 1190. The maximum Gasteiger partial charge on any atom is 0.252 e. The van der Waals surface area contributed by atoms with Crippen molar-refractivity contribution >= 4 is 55.6 Å². The van der Waals surface area contributed by atoms with Crippen molar-refractivity contribution in [2.75, 3.05) is 45.2 Å². The van der Waals surface area contributed by atoms with Gasteiger partial charge in [0.25, 0.3) is 10.0 Å². The number of rotatable bonds is 7. The highest BCUT2D eigenvalue weighted by molar-refractivity contribution is 7.91. The second-order valence-corrected chi connectivity index (χ2v) is 11.2. The van der Waals surface area contributed by atoms with E-state index in [2.05, 4.69) is 20.2 Å². The third-order valence-corrected chi connectivity index (χ3v) is 8.37. The van der Waals surface area contributed by atoms with E-state index >= 15 is 0 Å². The van der Waals surface area contributed by atoms with Gasteiger partial charge in [0.2, 0.25) is 5.91 Å². The van der Waals surface area contributed by atoms with Gasteiger partial charge in [-0.25, -0.2) is 13.4 Å². The quantitative estimate of drug-likeness (QED) is 0.534. The molecule has 1 aliphatic rings. The van der Waals surface area contributed by atoms with E-state index in [-0.39, 0.29) is 10.8 Å². The number of thiophene rings is 1. The second-order valence-electron chi connectivity index (χ2n) is 7.17. The number of morpholine rings is 1. The molecule has 0 atom stereocenters. The first-order valence-corrected chi connectivity index (χ1v) is 12.2. The number of sulfonamides is 1. The van der Waals surface area contributed by atoms with Crippen molar-refractivity contribution < 1.29 is 17.9 Å². The lowest BCUT2D eigenvalue weighted by Gasteiger charge is -2.25. The summed E-state index contributed by atoms with van der Waals surface area (Å²) < 4.78 is 31.9. The Balaban J connectivity index is 1.40. The van der Waals surface area contributed by atoms with Gasteiger partial charge in [0.1, 0.15) is 10.0 Å². The smallest absolute Gasteiger partial charge is 0.252 e. The number of halogens is 1. The van der Waals surface area contributed by atoms with E-state index < -0.39 is 15.9 Å². The van der Waals surface area contributed by atoms with E-state index in [0.29, 0.717) is 16.6 Å². The van der Waals surface area contributed by atoms with Crippen LogP contribution in [0.3, 0.4) is 0 Å². The molecule has 0 bridgehead atoms. The molecule has 1 saturated heterocycles. The van der Waals surface area contributed by atoms with Crippen LogP contribution in [0.2, 0.25) is 4.34 Å². The molecular weight excluding hydrogens is 462 g/mol. The predicted octanol–water partition coefficient (Wildman–Crippen LogP) is 2.37. The maximum atomic E-state index is 12.5. The number of carbonyl (C=O) groups is 1. The molecule has 0 aliphatic carbocycles. The minimum absolute atomic E-state index is 0.0967. The Hall–Kier alpha value is -2.02. The minimum atomic E-state index is -3.77. The van der Waals surface area contributed by atoms with Crippen molar-refractivity contribution in [1.82, 2.24) is 19.2 Å². The largest absolute Gasteiger partial charge is 0.379 e. The van der Waals surface area contributed by atoms with E-state index in [1.165, 1.54) is 19.2 Å². The Morgan fingerprint density at radius 3 is 2.81 bits per heavy atom. The molecule has 1 aromatic carbocycles. The summed E-state index contributed by atoms with van der Waals surface area (Å²) in [4.78, 5) is 22.6. The zero-order valence-electron chi connectivity index (χ0n) is 16.8. The van der Waals surface area contributed by atoms with Crippen LogP contribution >= 0.6 is 22.9 Å². The van der Waals surface area contributed by atoms with Crippen LogP contribution in [0.25, 0.3) is 11.0 Å². The standard InChI is InChI=1S/C19H22ClN5O4S2/c1-24(31(27,28)19-5-4-16(20)30-19)12-18(26)21-13-2-3-14-15(10-13)23-17(22-14)11-25-6-8-29-9-7-25/h2-5,10H,6-9,11-12H2,1H3,(H,21,26)(H,22,23). The highest BCUT2D eigenvalue weighted by atomic mass is 35.5. The third kappa shape index (κ3) is 5.25. The second kappa shape index (κ2) is 9.23. The van der Waals surface area contributed by atoms with Gasteiger partial charge in [0, 0.05) is 25.8 Å². The van der Waals surface area contributed by atoms with E-state index in [1.54, 1.807) is 12.1 Å². The van der Waals surface area contributed by atoms with Gasteiger partial charge in [-0.3, -0.25) is 9.69 Å². The lowest BCUT2D eigenvalue weighted by Crippen LogP contribution is -2.35. The lowest BCUT2D eigenvalue weighted by atomic mass is 10.3. The normalized spacial score (nSPS) is 15.6. The zero-order chi connectivity index (χ0) is 22.0. The summed E-state index contributed by atoms with van der Waals surface area (Å²) in [7, 11) is -2.41. The number of nitrogens with zero attached hydrogens (tertiary/aromatic N) is 3. The molecule has 3 heterocycles. The first-order chi connectivity index (χ1) is 14.8. The van der Waals surface area contributed by atoms with Gasteiger partial charge < -0.3 is 15.0 Å². The van der Waals surface area contributed by atoms with E-state index in [9.17, 15) is 13.2 Å². The molecule has 166 valence electrons. The van der Waals surface area contributed by atoms with Crippen LogP contribution in [0.4, 0.5) is 5.69 Å². The molecule has 9 nitrogen and oxygen atoms in total. The van der Waals surface area contributed by atoms with Crippen LogP contribution in [0.15, 0.2) is 34.5 Å². The number of ether oxygens (including phenoxy) is 1. The highest BCUT2D eigenvalue weighted by Crippen LogP contribution is 2.27. The van der Waals surface area contributed by atoms with Crippen molar-refractivity contribution in [1.29, 1.82) is 0 Å². The number of carbonyl (C=O) groups excluding carboxylic acids is 1. The minimum Gasteiger partial charge on any atom is -0.379 e. The van der Waals surface area contributed by atoms with Crippen molar-refractivity contribution in [3.8, 4) is 0 Å². The Morgan fingerprint density at radius 2 is 2.10 bits per heavy atom. The number of fused-ring (bicyclic) bond motifs is 1. The monoisotopic (exact) mass is 483 g/mol. The van der Waals surface area contributed by atoms with Gasteiger partial charge in [-0.2, -0.15) is 4.31 Å². The summed E-state index contributed by atoms with van der Waals surface area (Å²) in [5, 5.41) is 2.74. The van der Waals surface area contributed by atoms with Crippen LogP contribution in [0.1, 0.15) is 5.82 Å². The van der Waals surface area contributed by atoms with Crippen LogP contribution in [0, 0.1) is 0 Å². The number of hydrogen-bond donors (Lipinski definition) is 2. The fourth-order valence-electron chi connectivity index (χ4n) is 3.26. The first kappa shape index (κ1) is 22.2. The van der Waals surface area contributed by atoms with Crippen molar-refractivity contribution in [2.24, 2.45) is 0 Å². The van der Waals surface area contributed by atoms with Crippen LogP contribution in [-0.4, -0.2) is 73.4 Å². The highest BCUT2D eigenvalue weighted by Gasteiger charge is 2.24. The summed E-state index contributed by atoms with van der Waals surface area (Å²) in [5.74, 6) is 0.405. The molecule has 0 radical (unpaired) electrons. The number of H-pyrrole nitrogens is 1.